The van der Waals surface area contributed by atoms with Gasteiger partial charge < -0.3 is 0 Å². The molecule has 0 radical (unpaired) electrons. The van der Waals surface area contributed by atoms with Crippen LogP contribution in [-0.4, -0.2) is 0 Å². The van der Waals surface area contributed by atoms with Crippen molar-refractivity contribution in [3.05, 3.63) is 144 Å². The van der Waals surface area contributed by atoms with E-state index in [-0.39, 0.29) is 0 Å². The lowest BCUT2D eigenvalue weighted by Crippen LogP contribution is -1.88. The van der Waals surface area contributed by atoms with Crippen LogP contribution in [0.2, 0.25) is 0 Å². The zero-order valence-corrected chi connectivity index (χ0v) is 18.8. The van der Waals surface area contributed by atoms with Crippen molar-refractivity contribution in [2.45, 2.75) is 6.92 Å². The zero-order valence-electron chi connectivity index (χ0n) is 18.8. The number of benzene rings is 5. The van der Waals surface area contributed by atoms with Crippen LogP contribution in [0.3, 0.4) is 0 Å². The Kier molecular flexibility index (Phi) is 5.99. The Hall–Kier alpha value is -4.16. The summed E-state index contributed by atoms with van der Waals surface area (Å²) in [5.41, 5.74) is 11.2. The molecule has 33 heavy (non-hydrogen) atoms. The maximum atomic E-state index is 2.30. The van der Waals surface area contributed by atoms with E-state index in [1.165, 1.54) is 50.1 Å². The van der Waals surface area contributed by atoms with Crippen molar-refractivity contribution < 1.29 is 0 Å². The minimum Gasteiger partial charge on any atom is -0.0622 e. The minimum atomic E-state index is 1.20. The van der Waals surface area contributed by atoms with E-state index in [9.17, 15) is 0 Å². The molecule has 158 valence electrons. The molecule has 0 unspecified atom stereocenters. The highest BCUT2D eigenvalue weighted by atomic mass is 14.1. The normalized spacial score (nSPS) is 11.1. The fourth-order valence-electron chi connectivity index (χ4n) is 4.30. The van der Waals surface area contributed by atoms with Crippen LogP contribution < -0.4 is 0 Å². The van der Waals surface area contributed by atoms with Crippen LogP contribution in [0.15, 0.2) is 127 Å². The monoisotopic (exact) mass is 422 g/mol. The first-order valence-electron chi connectivity index (χ1n) is 11.4. The third-order valence-corrected chi connectivity index (χ3v) is 6.04. The molecule has 0 saturated carbocycles. The largest absolute Gasteiger partial charge is 0.0622 e. The molecule has 0 aliphatic rings. The molecule has 0 bridgehead atoms. The van der Waals surface area contributed by atoms with E-state index >= 15 is 0 Å². The summed E-state index contributed by atoms with van der Waals surface area (Å²) in [7, 11) is 0. The molecule has 0 aliphatic heterocycles. The predicted octanol–water partition coefficient (Wildman–Crippen LogP) is 9.17. The van der Waals surface area contributed by atoms with Gasteiger partial charge in [-0.05, 0) is 63.1 Å². The maximum absolute atomic E-state index is 2.30. The van der Waals surface area contributed by atoms with Crippen LogP contribution in [0.25, 0.3) is 45.5 Å². The summed E-state index contributed by atoms with van der Waals surface area (Å²) in [6.07, 6.45) is 4.42. The molecule has 0 nitrogen and oxygen atoms in total. The van der Waals surface area contributed by atoms with Gasteiger partial charge in [-0.25, -0.2) is 0 Å². The molecule has 0 aliphatic carbocycles. The van der Waals surface area contributed by atoms with Crippen LogP contribution in [0.4, 0.5) is 0 Å². The summed E-state index contributed by atoms with van der Waals surface area (Å²) in [5, 5.41) is 0. The van der Waals surface area contributed by atoms with Crippen LogP contribution in [0.5, 0.6) is 0 Å². The summed E-state index contributed by atoms with van der Waals surface area (Å²) in [5.74, 6) is 0. The Labute approximate surface area is 196 Å². The van der Waals surface area contributed by atoms with Crippen molar-refractivity contribution in [3.8, 4) is 33.4 Å². The van der Waals surface area contributed by atoms with Crippen LogP contribution in [0, 0.1) is 6.92 Å². The van der Waals surface area contributed by atoms with Crippen LogP contribution in [-0.2, 0) is 0 Å². The Morgan fingerprint density at radius 1 is 0.424 bits per heavy atom. The second-order valence-corrected chi connectivity index (χ2v) is 8.31. The molecule has 0 spiro atoms. The molecule has 0 N–H and O–H groups in total. The highest BCUT2D eigenvalue weighted by Crippen LogP contribution is 2.33. The van der Waals surface area contributed by atoms with Gasteiger partial charge in [-0.3, -0.25) is 0 Å². The zero-order chi connectivity index (χ0) is 22.5. The number of hydrogen-bond acceptors (Lipinski definition) is 0. The first-order chi connectivity index (χ1) is 16.3. The smallest absolute Gasteiger partial charge is 0.0111 e. The summed E-state index contributed by atoms with van der Waals surface area (Å²) in [6, 6.07) is 45.2. The van der Waals surface area contributed by atoms with Crippen molar-refractivity contribution in [2.75, 3.05) is 0 Å². The van der Waals surface area contributed by atoms with Crippen molar-refractivity contribution in [1.82, 2.24) is 0 Å². The molecule has 5 aromatic carbocycles. The van der Waals surface area contributed by atoms with Crippen LogP contribution in [0.1, 0.15) is 16.7 Å². The second kappa shape index (κ2) is 9.54. The molecule has 0 saturated heterocycles. The van der Waals surface area contributed by atoms with Gasteiger partial charge in [-0.1, -0.05) is 133 Å². The molecule has 5 aromatic rings. The average Bonchev–Trinajstić information content (AvgIpc) is 2.89. The third kappa shape index (κ3) is 4.71. The van der Waals surface area contributed by atoms with Gasteiger partial charge in [0.1, 0.15) is 0 Å². The summed E-state index contributed by atoms with van der Waals surface area (Å²) in [6.45, 7) is 2.19. The van der Waals surface area contributed by atoms with Gasteiger partial charge >= 0.3 is 0 Å². The van der Waals surface area contributed by atoms with E-state index in [0.29, 0.717) is 0 Å². The highest BCUT2D eigenvalue weighted by Gasteiger charge is 2.08. The fourth-order valence-corrected chi connectivity index (χ4v) is 4.30. The minimum absolute atomic E-state index is 1.20. The van der Waals surface area contributed by atoms with Crippen molar-refractivity contribution in [2.24, 2.45) is 0 Å². The first kappa shape index (κ1) is 20.7. The van der Waals surface area contributed by atoms with Gasteiger partial charge in [0.25, 0.3) is 0 Å². The molecule has 0 heterocycles. The topological polar surface area (TPSA) is 0 Å². The van der Waals surface area contributed by atoms with E-state index in [1.807, 2.05) is 0 Å². The highest BCUT2D eigenvalue weighted by molar-refractivity contribution is 5.84. The lowest BCUT2D eigenvalue weighted by atomic mass is 9.92. The maximum Gasteiger partial charge on any atom is -0.0111 e. The van der Waals surface area contributed by atoms with Crippen molar-refractivity contribution in [3.63, 3.8) is 0 Å². The van der Waals surface area contributed by atoms with Gasteiger partial charge in [0.05, 0.1) is 0 Å². The van der Waals surface area contributed by atoms with Gasteiger partial charge in [0, 0.05) is 0 Å². The number of rotatable bonds is 5. The summed E-state index contributed by atoms with van der Waals surface area (Å²) < 4.78 is 0. The Morgan fingerprint density at radius 2 is 0.939 bits per heavy atom. The SMILES string of the molecule is Cc1cc(-c2ccc(-c3ccccc3)c(/C=C/c3ccccc3)c2)ccc1-c1ccccc1. The van der Waals surface area contributed by atoms with E-state index in [0.717, 1.165) is 0 Å². The summed E-state index contributed by atoms with van der Waals surface area (Å²) in [4.78, 5) is 0. The lowest BCUT2D eigenvalue weighted by Gasteiger charge is -2.12. The third-order valence-electron chi connectivity index (χ3n) is 6.04. The Morgan fingerprint density at radius 3 is 1.55 bits per heavy atom. The van der Waals surface area contributed by atoms with Gasteiger partial charge in [0.2, 0.25) is 0 Å². The van der Waals surface area contributed by atoms with Crippen LogP contribution >= 0.6 is 0 Å². The predicted molar refractivity (Wildman–Crippen MR) is 143 cm³/mol. The van der Waals surface area contributed by atoms with Crippen molar-refractivity contribution in [1.29, 1.82) is 0 Å². The quantitative estimate of drug-likeness (QED) is 0.248. The Bertz CT molecular complexity index is 1380. The Balaban J connectivity index is 1.56. The van der Waals surface area contributed by atoms with Gasteiger partial charge in [-0.2, -0.15) is 0 Å². The van der Waals surface area contributed by atoms with Gasteiger partial charge in [-0.15, -0.1) is 0 Å². The molecule has 0 aromatic heterocycles. The molecular formula is C33H26. The van der Waals surface area contributed by atoms with E-state index in [1.54, 1.807) is 0 Å². The molecule has 5 rings (SSSR count). The second-order valence-electron chi connectivity index (χ2n) is 8.31. The fraction of sp³-hybridized carbons (Fsp3) is 0.0303. The van der Waals surface area contributed by atoms with E-state index < -0.39 is 0 Å². The molecular weight excluding hydrogens is 396 g/mol. The molecule has 0 heteroatoms. The lowest BCUT2D eigenvalue weighted by molar-refractivity contribution is 1.45. The average molecular weight is 423 g/mol. The van der Waals surface area contributed by atoms with E-state index in [4.69, 9.17) is 0 Å². The van der Waals surface area contributed by atoms with E-state index in [2.05, 4.69) is 146 Å². The molecule has 0 atom stereocenters. The van der Waals surface area contributed by atoms with Crippen molar-refractivity contribution >= 4 is 12.2 Å². The summed E-state index contributed by atoms with van der Waals surface area (Å²) >= 11 is 0. The number of aryl methyl sites for hydroxylation is 1. The first-order valence-corrected chi connectivity index (χ1v) is 11.4. The molecule has 0 fully saturated rings. The standard InChI is InChI=1S/C33H26/c1-25-23-29(19-21-32(25)27-13-7-3-8-14-27)30-20-22-33(28-15-9-4-10-16-28)31(24-30)18-17-26-11-5-2-6-12-26/h2-24H,1H3/b18-17+. The number of hydrogen-bond donors (Lipinski definition) is 0. The van der Waals surface area contributed by atoms with Gasteiger partial charge in [0.15, 0.2) is 0 Å². The molecule has 0 amide bonds.